The van der Waals surface area contributed by atoms with Gasteiger partial charge in [-0.3, -0.25) is 4.98 Å². The van der Waals surface area contributed by atoms with Crippen LogP contribution in [0.1, 0.15) is 32.0 Å². The number of piperazine rings is 1. The van der Waals surface area contributed by atoms with Crippen LogP contribution in [0, 0.1) is 13.8 Å². The van der Waals surface area contributed by atoms with Crippen LogP contribution in [0.15, 0.2) is 55.0 Å². The molecule has 3 aromatic heterocycles. The van der Waals surface area contributed by atoms with Crippen molar-refractivity contribution in [3.8, 4) is 11.5 Å². The smallest absolute Gasteiger partial charge is 0.410 e. The van der Waals surface area contributed by atoms with Crippen molar-refractivity contribution in [3.05, 3.63) is 66.2 Å². The molecule has 39 heavy (non-hydrogen) atoms. The van der Waals surface area contributed by atoms with E-state index in [1.54, 1.807) is 11.1 Å². The maximum atomic E-state index is 12.4. The Morgan fingerprint density at radius 1 is 0.949 bits per heavy atom. The van der Waals surface area contributed by atoms with Gasteiger partial charge in [0.1, 0.15) is 34.8 Å². The standard InChI is InChI=1S/C29H33N7O3/c1-19-16-21(7-10-24(19)38-22-8-6-20(2)30-17-22)33-27-26-23(31-18-32-27)9-11-25(34-26)35-12-14-36(15-13-35)28(37)39-29(3,4)5/h6-11,16-18H,12-15H2,1-5H3,(H,31,32,33). The van der Waals surface area contributed by atoms with Gasteiger partial charge < -0.3 is 24.6 Å². The highest BCUT2D eigenvalue weighted by atomic mass is 16.6. The van der Waals surface area contributed by atoms with Crippen molar-refractivity contribution in [1.29, 1.82) is 0 Å². The third-order valence-corrected chi connectivity index (χ3v) is 6.27. The number of pyridine rings is 2. The number of carbonyl (C=O) groups excluding carboxylic acids is 1. The zero-order valence-electron chi connectivity index (χ0n) is 22.9. The van der Waals surface area contributed by atoms with Crippen molar-refractivity contribution in [1.82, 2.24) is 24.8 Å². The SMILES string of the molecule is Cc1ccc(Oc2ccc(Nc3ncnc4ccc(N5CCN(C(=O)OC(C)(C)C)CC5)nc34)cc2C)cn1. The summed E-state index contributed by atoms with van der Waals surface area (Å²) in [6, 6.07) is 13.6. The van der Waals surface area contributed by atoms with Gasteiger partial charge in [-0.15, -0.1) is 0 Å². The molecule has 1 N–H and O–H groups in total. The Labute approximate surface area is 228 Å². The largest absolute Gasteiger partial charge is 0.455 e. The maximum Gasteiger partial charge on any atom is 0.410 e. The number of nitrogens with one attached hydrogen (secondary N) is 1. The van der Waals surface area contributed by atoms with Crippen molar-refractivity contribution in [2.24, 2.45) is 0 Å². The summed E-state index contributed by atoms with van der Waals surface area (Å²) >= 11 is 0. The van der Waals surface area contributed by atoms with E-state index in [1.165, 1.54) is 6.33 Å². The molecule has 1 aromatic carbocycles. The Bertz CT molecular complexity index is 1480. The fourth-order valence-electron chi connectivity index (χ4n) is 4.26. The monoisotopic (exact) mass is 527 g/mol. The Morgan fingerprint density at radius 3 is 2.44 bits per heavy atom. The van der Waals surface area contributed by atoms with Crippen LogP contribution in [0.3, 0.4) is 0 Å². The van der Waals surface area contributed by atoms with E-state index < -0.39 is 5.60 Å². The maximum absolute atomic E-state index is 12.4. The Kier molecular flexibility index (Phi) is 7.19. The highest BCUT2D eigenvalue weighted by molar-refractivity contribution is 5.88. The van der Waals surface area contributed by atoms with Gasteiger partial charge in [0, 0.05) is 37.6 Å². The Balaban J connectivity index is 1.30. The van der Waals surface area contributed by atoms with Crippen LogP contribution < -0.4 is 15.0 Å². The molecule has 1 saturated heterocycles. The normalized spacial score (nSPS) is 13.9. The van der Waals surface area contributed by atoms with Crippen molar-refractivity contribution in [2.45, 2.75) is 40.2 Å². The van der Waals surface area contributed by atoms with Gasteiger partial charge in [-0.1, -0.05) is 0 Å². The molecule has 0 spiro atoms. The molecule has 4 heterocycles. The zero-order valence-corrected chi connectivity index (χ0v) is 22.9. The van der Waals surface area contributed by atoms with Gasteiger partial charge in [0.2, 0.25) is 0 Å². The van der Waals surface area contributed by atoms with Crippen molar-refractivity contribution in [3.63, 3.8) is 0 Å². The number of benzene rings is 1. The van der Waals surface area contributed by atoms with Gasteiger partial charge in [0.05, 0.1) is 11.7 Å². The van der Waals surface area contributed by atoms with E-state index >= 15 is 0 Å². The second kappa shape index (κ2) is 10.7. The van der Waals surface area contributed by atoms with Gasteiger partial charge >= 0.3 is 6.09 Å². The van der Waals surface area contributed by atoms with E-state index in [4.69, 9.17) is 14.5 Å². The lowest BCUT2D eigenvalue weighted by Gasteiger charge is -2.36. The molecule has 0 radical (unpaired) electrons. The van der Waals surface area contributed by atoms with Crippen LogP contribution in [0.4, 0.5) is 22.1 Å². The lowest BCUT2D eigenvalue weighted by Crippen LogP contribution is -2.50. The van der Waals surface area contributed by atoms with Gasteiger partial charge in [0.25, 0.3) is 0 Å². The minimum absolute atomic E-state index is 0.282. The summed E-state index contributed by atoms with van der Waals surface area (Å²) < 4.78 is 11.5. The quantitative estimate of drug-likeness (QED) is 0.353. The van der Waals surface area contributed by atoms with Crippen LogP contribution in [-0.2, 0) is 4.74 Å². The molecule has 1 aliphatic rings. The molecule has 1 fully saturated rings. The molecular formula is C29H33N7O3. The molecule has 1 amide bonds. The minimum atomic E-state index is -0.512. The van der Waals surface area contributed by atoms with Gasteiger partial charge in [0.15, 0.2) is 5.82 Å². The second-order valence-corrected chi connectivity index (χ2v) is 10.6. The topological polar surface area (TPSA) is 106 Å². The van der Waals surface area contributed by atoms with E-state index in [0.29, 0.717) is 43.3 Å². The fraction of sp³-hybridized carbons (Fsp3) is 0.345. The first kappa shape index (κ1) is 26.1. The summed E-state index contributed by atoms with van der Waals surface area (Å²) in [6.45, 7) is 12.0. The molecule has 202 valence electrons. The lowest BCUT2D eigenvalue weighted by molar-refractivity contribution is 0.0240. The van der Waals surface area contributed by atoms with Crippen LogP contribution in [0.25, 0.3) is 11.0 Å². The van der Waals surface area contributed by atoms with Crippen LogP contribution in [0.5, 0.6) is 11.5 Å². The Hall–Kier alpha value is -4.47. The molecule has 10 nitrogen and oxygen atoms in total. The summed E-state index contributed by atoms with van der Waals surface area (Å²) in [6.07, 6.45) is 2.96. The van der Waals surface area contributed by atoms with E-state index in [-0.39, 0.29) is 6.09 Å². The highest BCUT2D eigenvalue weighted by Crippen LogP contribution is 2.30. The number of rotatable bonds is 5. The summed E-state index contributed by atoms with van der Waals surface area (Å²) in [7, 11) is 0. The number of fused-ring (bicyclic) bond motifs is 1. The lowest BCUT2D eigenvalue weighted by atomic mass is 10.2. The number of anilines is 3. The molecule has 0 saturated carbocycles. The molecule has 0 bridgehead atoms. The molecule has 10 heteroatoms. The van der Waals surface area contributed by atoms with Crippen molar-refractivity contribution in [2.75, 3.05) is 36.4 Å². The molecule has 0 unspecified atom stereocenters. The number of nitrogens with zero attached hydrogens (tertiary/aromatic N) is 6. The minimum Gasteiger partial charge on any atom is -0.455 e. The van der Waals surface area contributed by atoms with Gasteiger partial charge in [-0.2, -0.15) is 0 Å². The number of carbonyl (C=O) groups is 1. The van der Waals surface area contributed by atoms with Gasteiger partial charge in [-0.05, 0) is 82.6 Å². The fourth-order valence-corrected chi connectivity index (χ4v) is 4.26. The van der Waals surface area contributed by atoms with E-state index in [9.17, 15) is 4.79 Å². The number of hydrogen-bond acceptors (Lipinski definition) is 9. The number of aryl methyl sites for hydroxylation is 2. The molecule has 4 aromatic rings. The molecule has 5 rings (SSSR count). The first-order valence-electron chi connectivity index (χ1n) is 13.0. The van der Waals surface area contributed by atoms with Crippen LogP contribution in [-0.4, -0.2) is 62.7 Å². The van der Waals surface area contributed by atoms with Crippen molar-refractivity contribution < 1.29 is 14.3 Å². The molecule has 0 atom stereocenters. The summed E-state index contributed by atoms with van der Waals surface area (Å²) in [4.78, 5) is 34.4. The third kappa shape index (κ3) is 6.34. The van der Waals surface area contributed by atoms with E-state index in [1.807, 2.05) is 77.1 Å². The first-order valence-corrected chi connectivity index (χ1v) is 13.0. The van der Waals surface area contributed by atoms with E-state index in [2.05, 4.69) is 25.2 Å². The van der Waals surface area contributed by atoms with Crippen LogP contribution in [0.2, 0.25) is 0 Å². The summed E-state index contributed by atoms with van der Waals surface area (Å²) in [5.74, 6) is 2.88. The van der Waals surface area contributed by atoms with E-state index in [0.717, 1.165) is 34.0 Å². The zero-order chi connectivity index (χ0) is 27.6. The number of hydrogen-bond donors (Lipinski definition) is 1. The second-order valence-electron chi connectivity index (χ2n) is 10.6. The third-order valence-electron chi connectivity index (χ3n) is 6.27. The number of aromatic nitrogens is 4. The average molecular weight is 528 g/mol. The highest BCUT2D eigenvalue weighted by Gasteiger charge is 2.26. The first-order chi connectivity index (χ1) is 18.6. The molecule has 0 aliphatic carbocycles. The molecule has 1 aliphatic heterocycles. The van der Waals surface area contributed by atoms with Gasteiger partial charge in [-0.25, -0.2) is 19.7 Å². The predicted molar refractivity (Wildman–Crippen MR) is 151 cm³/mol. The summed E-state index contributed by atoms with van der Waals surface area (Å²) in [5.41, 5.74) is 3.67. The van der Waals surface area contributed by atoms with Crippen LogP contribution >= 0.6 is 0 Å². The number of ether oxygens (including phenoxy) is 2. The predicted octanol–water partition coefficient (Wildman–Crippen LogP) is 5.63. The summed E-state index contributed by atoms with van der Waals surface area (Å²) in [5, 5.41) is 3.39. The Morgan fingerprint density at radius 2 is 1.74 bits per heavy atom. The molecular weight excluding hydrogens is 494 g/mol. The average Bonchev–Trinajstić information content (AvgIpc) is 2.90. The number of amides is 1. The van der Waals surface area contributed by atoms with Crippen molar-refractivity contribution >= 4 is 34.4 Å².